The van der Waals surface area contributed by atoms with Crippen molar-refractivity contribution in [2.24, 2.45) is 0 Å². The topological polar surface area (TPSA) is 80.5 Å². The SMILES string of the molecule is CNc1cn2nc(-c3cccc(C(=O)NCc4cc(OC(F)(F)F)ccc4F)c3F)ccc2n1. The molecule has 0 saturated heterocycles. The maximum absolute atomic E-state index is 15.2. The van der Waals surface area contributed by atoms with E-state index in [-0.39, 0.29) is 22.4 Å². The molecule has 0 saturated carbocycles. The lowest BCUT2D eigenvalue weighted by Gasteiger charge is -2.12. The van der Waals surface area contributed by atoms with Gasteiger partial charge in [0.05, 0.1) is 17.5 Å². The van der Waals surface area contributed by atoms with Crippen molar-refractivity contribution in [3.8, 4) is 17.0 Å². The lowest BCUT2D eigenvalue weighted by Crippen LogP contribution is -2.25. The number of anilines is 1. The monoisotopic (exact) mass is 477 g/mol. The first kappa shape index (κ1) is 23.0. The summed E-state index contributed by atoms with van der Waals surface area (Å²) in [7, 11) is 1.69. The van der Waals surface area contributed by atoms with Gasteiger partial charge in [0.2, 0.25) is 0 Å². The highest BCUT2D eigenvalue weighted by Gasteiger charge is 2.31. The number of imidazole rings is 1. The second-order valence-electron chi connectivity index (χ2n) is 7.05. The zero-order chi connectivity index (χ0) is 24.5. The Kier molecular flexibility index (Phi) is 6.05. The molecule has 2 heterocycles. The number of aromatic nitrogens is 3. The smallest absolute Gasteiger partial charge is 0.406 e. The summed E-state index contributed by atoms with van der Waals surface area (Å²) in [6, 6.07) is 9.68. The summed E-state index contributed by atoms with van der Waals surface area (Å²) in [5.41, 5.74) is 0.202. The van der Waals surface area contributed by atoms with Crippen molar-refractivity contribution in [1.29, 1.82) is 0 Å². The zero-order valence-corrected chi connectivity index (χ0v) is 17.5. The fourth-order valence-electron chi connectivity index (χ4n) is 3.21. The molecule has 0 spiro atoms. The van der Waals surface area contributed by atoms with E-state index in [1.165, 1.54) is 22.7 Å². The molecule has 176 valence electrons. The largest absolute Gasteiger partial charge is 0.573 e. The van der Waals surface area contributed by atoms with Crippen LogP contribution in [0, 0.1) is 11.6 Å². The van der Waals surface area contributed by atoms with Crippen molar-refractivity contribution >= 4 is 17.4 Å². The number of amides is 1. The predicted molar refractivity (Wildman–Crippen MR) is 112 cm³/mol. The van der Waals surface area contributed by atoms with Crippen LogP contribution in [0.15, 0.2) is 54.7 Å². The maximum Gasteiger partial charge on any atom is 0.573 e. The Bertz CT molecular complexity index is 1370. The van der Waals surface area contributed by atoms with Crippen molar-refractivity contribution in [3.63, 3.8) is 0 Å². The molecule has 0 aliphatic heterocycles. The highest BCUT2D eigenvalue weighted by Crippen LogP contribution is 2.26. The maximum atomic E-state index is 15.2. The van der Waals surface area contributed by atoms with Crippen LogP contribution in [0.3, 0.4) is 0 Å². The van der Waals surface area contributed by atoms with Gasteiger partial charge in [0.1, 0.15) is 23.2 Å². The van der Waals surface area contributed by atoms with Gasteiger partial charge in [0.15, 0.2) is 5.65 Å². The fraction of sp³-hybridized carbons (Fsp3) is 0.136. The number of halogens is 5. The second-order valence-corrected chi connectivity index (χ2v) is 7.05. The predicted octanol–water partition coefficient (Wildman–Crippen LogP) is 4.54. The van der Waals surface area contributed by atoms with E-state index < -0.39 is 36.2 Å². The molecule has 0 bridgehead atoms. The molecule has 0 aliphatic carbocycles. The third-order valence-corrected chi connectivity index (χ3v) is 4.79. The Labute approximate surface area is 189 Å². The van der Waals surface area contributed by atoms with Gasteiger partial charge in [-0.25, -0.2) is 18.3 Å². The van der Waals surface area contributed by atoms with E-state index in [0.29, 0.717) is 11.5 Å². The Morgan fingerprint density at radius 2 is 1.91 bits per heavy atom. The van der Waals surface area contributed by atoms with Crippen LogP contribution < -0.4 is 15.4 Å². The van der Waals surface area contributed by atoms with Crippen LogP contribution in [-0.4, -0.2) is 33.9 Å². The number of carbonyl (C=O) groups is 1. The number of nitrogens with zero attached hydrogens (tertiary/aromatic N) is 3. The first-order valence-electron chi connectivity index (χ1n) is 9.80. The van der Waals surface area contributed by atoms with Crippen LogP contribution in [0.25, 0.3) is 16.9 Å². The molecule has 0 atom stereocenters. The van der Waals surface area contributed by atoms with Crippen molar-refractivity contribution in [1.82, 2.24) is 19.9 Å². The Balaban J connectivity index is 1.55. The zero-order valence-electron chi connectivity index (χ0n) is 17.5. The summed E-state index contributed by atoms with van der Waals surface area (Å²) in [5.74, 6) is -2.69. The van der Waals surface area contributed by atoms with E-state index in [0.717, 1.165) is 18.2 Å². The summed E-state index contributed by atoms with van der Waals surface area (Å²) in [6.45, 7) is -0.491. The molecular weight excluding hydrogens is 461 g/mol. The second kappa shape index (κ2) is 8.96. The van der Waals surface area contributed by atoms with Crippen LogP contribution in [0.2, 0.25) is 0 Å². The normalized spacial score (nSPS) is 11.5. The minimum absolute atomic E-state index is 0.0426. The van der Waals surface area contributed by atoms with Crippen molar-refractivity contribution < 1.29 is 31.5 Å². The molecule has 0 radical (unpaired) electrons. The lowest BCUT2D eigenvalue weighted by atomic mass is 10.1. The molecular formula is C22H16F5N5O2. The van der Waals surface area contributed by atoms with Crippen molar-refractivity contribution in [2.45, 2.75) is 12.9 Å². The number of ether oxygens (including phenoxy) is 1. The Morgan fingerprint density at radius 3 is 2.65 bits per heavy atom. The number of fused-ring (bicyclic) bond motifs is 1. The third kappa shape index (κ3) is 4.90. The van der Waals surface area contributed by atoms with E-state index >= 15 is 4.39 Å². The summed E-state index contributed by atoms with van der Waals surface area (Å²) >= 11 is 0. The van der Waals surface area contributed by atoms with Crippen LogP contribution in [0.5, 0.6) is 5.75 Å². The van der Waals surface area contributed by atoms with Crippen molar-refractivity contribution in [2.75, 3.05) is 12.4 Å². The molecule has 2 aromatic heterocycles. The van der Waals surface area contributed by atoms with E-state index in [1.54, 1.807) is 25.4 Å². The number of carbonyl (C=O) groups excluding carboxylic acids is 1. The summed E-state index contributed by atoms with van der Waals surface area (Å²) < 4.78 is 71.6. The van der Waals surface area contributed by atoms with Gasteiger partial charge in [0, 0.05) is 24.7 Å². The fourth-order valence-corrected chi connectivity index (χ4v) is 3.21. The highest BCUT2D eigenvalue weighted by atomic mass is 19.4. The number of hydrogen-bond acceptors (Lipinski definition) is 5. The number of alkyl halides is 3. The highest BCUT2D eigenvalue weighted by molar-refractivity contribution is 5.95. The van der Waals surface area contributed by atoms with Crippen LogP contribution >= 0.6 is 0 Å². The van der Waals surface area contributed by atoms with Gasteiger partial charge in [-0.1, -0.05) is 6.07 Å². The van der Waals surface area contributed by atoms with Gasteiger partial charge >= 0.3 is 6.36 Å². The van der Waals surface area contributed by atoms with E-state index in [9.17, 15) is 22.4 Å². The molecule has 0 unspecified atom stereocenters. The standard InChI is InChI=1S/C22H16F5N5O2/c1-28-18-11-32-19(30-18)8-7-17(31-32)14-3-2-4-15(20(14)24)21(33)29-10-12-9-13(5-6-16(12)23)34-22(25,26)27/h2-9,11,28H,10H2,1H3,(H,29,33). The third-order valence-electron chi connectivity index (χ3n) is 4.79. The van der Waals surface area contributed by atoms with Gasteiger partial charge in [-0.05, 0) is 42.5 Å². The number of hydrogen-bond donors (Lipinski definition) is 2. The van der Waals surface area contributed by atoms with Crippen molar-refractivity contribution in [3.05, 3.63) is 77.5 Å². The van der Waals surface area contributed by atoms with Crippen LogP contribution in [-0.2, 0) is 6.54 Å². The van der Waals surface area contributed by atoms with Gasteiger partial charge in [-0.3, -0.25) is 4.79 Å². The average Bonchev–Trinajstić information content (AvgIpc) is 3.21. The quantitative estimate of drug-likeness (QED) is 0.399. The van der Waals surface area contributed by atoms with Gasteiger partial charge in [-0.15, -0.1) is 13.2 Å². The molecule has 4 rings (SSSR count). The van der Waals surface area contributed by atoms with Gasteiger partial charge < -0.3 is 15.4 Å². The van der Waals surface area contributed by atoms with E-state index in [2.05, 4.69) is 25.5 Å². The minimum Gasteiger partial charge on any atom is -0.406 e. The Hall–Kier alpha value is -4.22. The molecule has 2 N–H and O–H groups in total. The number of rotatable bonds is 6. The lowest BCUT2D eigenvalue weighted by molar-refractivity contribution is -0.274. The van der Waals surface area contributed by atoms with Gasteiger partial charge in [-0.2, -0.15) is 5.10 Å². The number of benzene rings is 2. The summed E-state index contributed by atoms with van der Waals surface area (Å²) in [5, 5.41) is 9.48. The van der Waals surface area contributed by atoms with E-state index in [4.69, 9.17) is 0 Å². The Morgan fingerprint density at radius 1 is 1.12 bits per heavy atom. The summed E-state index contributed by atoms with van der Waals surface area (Å²) in [6.07, 6.45) is -3.34. The van der Waals surface area contributed by atoms with E-state index in [1.807, 2.05) is 0 Å². The first-order valence-corrected chi connectivity index (χ1v) is 9.80. The molecule has 4 aromatic rings. The average molecular weight is 477 g/mol. The molecule has 0 fully saturated rings. The molecule has 12 heteroatoms. The van der Waals surface area contributed by atoms with Crippen LogP contribution in [0.4, 0.5) is 27.8 Å². The van der Waals surface area contributed by atoms with Crippen LogP contribution in [0.1, 0.15) is 15.9 Å². The first-order chi connectivity index (χ1) is 16.1. The molecule has 2 aromatic carbocycles. The summed E-state index contributed by atoms with van der Waals surface area (Å²) in [4.78, 5) is 16.8. The number of nitrogens with one attached hydrogen (secondary N) is 2. The molecule has 1 amide bonds. The minimum atomic E-state index is -4.95. The molecule has 0 aliphatic rings. The van der Waals surface area contributed by atoms with Gasteiger partial charge in [0.25, 0.3) is 5.91 Å². The molecule has 34 heavy (non-hydrogen) atoms. The molecule has 7 nitrogen and oxygen atoms in total.